The summed E-state index contributed by atoms with van der Waals surface area (Å²) < 4.78 is 10.1. The van der Waals surface area contributed by atoms with Crippen molar-refractivity contribution < 1.29 is 14.3 Å². The number of unbranched alkanes of at least 4 members (excludes halogenated alkanes) is 5. The molecule has 0 N–H and O–H groups in total. The van der Waals surface area contributed by atoms with Crippen LogP contribution < -0.4 is 0 Å². The summed E-state index contributed by atoms with van der Waals surface area (Å²) in [6, 6.07) is 0. The van der Waals surface area contributed by atoms with Crippen LogP contribution in [0.5, 0.6) is 0 Å². The molecule has 0 aliphatic heterocycles. The standard InChI is InChI=1S/C12H24O3S/c1-2-3-4-5-6-7-8-14-9-10-15-12(13)11-16/h16H,2-11H2,1H3. The summed E-state index contributed by atoms with van der Waals surface area (Å²) in [6.45, 7) is 3.82. The first-order chi connectivity index (χ1) is 7.81. The highest BCUT2D eigenvalue weighted by atomic mass is 32.1. The topological polar surface area (TPSA) is 35.5 Å². The summed E-state index contributed by atoms with van der Waals surface area (Å²) in [4.78, 5) is 10.7. The third-order valence-corrected chi connectivity index (χ3v) is 2.52. The average Bonchev–Trinajstić information content (AvgIpc) is 2.31. The Labute approximate surface area is 104 Å². The van der Waals surface area contributed by atoms with Gasteiger partial charge < -0.3 is 9.47 Å². The van der Waals surface area contributed by atoms with Gasteiger partial charge in [-0.15, -0.1) is 0 Å². The van der Waals surface area contributed by atoms with Gasteiger partial charge in [-0.25, -0.2) is 0 Å². The summed E-state index contributed by atoms with van der Waals surface area (Å²) in [5, 5.41) is 0. The van der Waals surface area contributed by atoms with Gasteiger partial charge in [0.2, 0.25) is 0 Å². The lowest BCUT2D eigenvalue weighted by Gasteiger charge is -2.05. The molecule has 3 nitrogen and oxygen atoms in total. The molecule has 0 radical (unpaired) electrons. The Hall–Kier alpha value is -0.220. The van der Waals surface area contributed by atoms with Gasteiger partial charge >= 0.3 is 5.97 Å². The predicted molar refractivity (Wildman–Crippen MR) is 69.0 cm³/mol. The molecular weight excluding hydrogens is 224 g/mol. The number of hydrogen-bond acceptors (Lipinski definition) is 4. The second-order valence-electron chi connectivity index (χ2n) is 3.76. The first kappa shape index (κ1) is 15.8. The van der Waals surface area contributed by atoms with Crippen molar-refractivity contribution in [1.82, 2.24) is 0 Å². The van der Waals surface area contributed by atoms with Crippen LogP contribution in [0.15, 0.2) is 0 Å². The van der Waals surface area contributed by atoms with E-state index in [1.165, 1.54) is 32.1 Å². The maximum Gasteiger partial charge on any atom is 0.315 e. The molecule has 0 aromatic heterocycles. The van der Waals surface area contributed by atoms with Crippen LogP contribution in [0.4, 0.5) is 0 Å². The smallest absolute Gasteiger partial charge is 0.315 e. The third kappa shape index (κ3) is 11.9. The lowest BCUT2D eigenvalue weighted by molar-refractivity contribution is -0.141. The summed E-state index contributed by atoms with van der Waals surface area (Å²) in [7, 11) is 0. The van der Waals surface area contributed by atoms with E-state index in [2.05, 4.69) is 19.6 Å². The quantitative estimate of drug-likeness (QED) is 0.347. The van der Waals surface area contributed by atoms with Crippen molar-refractivity contribution in [2.45, 2.75) is 45.4 Å². The van der Waals surface area contributed by atoms with Gasteiger partial charge in [-0.1, -0.05) is 39.0 Å². The zero-order valence-electron chi connectivity index (χ0n) is 10.2. The predicted octanol–water partition coefficient (Wildman–Crippen LogP) is 2.84. The number of ether oxygens (including phenoxy) is 2. The van der Waals surface area contributed by atoms with E-state index in [1.54, 1.807) is 0 Å². The monoisotopic (exact) mass is 248 g/mol. The highest BCUT2D eigenvalue weighted by Crippen LogP contribution is 2.04. The third-order valence-electron chi connectivity index (χ3n) is 2.26. The number of thiol groups is 1. The Morgan fingerprint density at radius 3 is 2.38 bits per heavy atom. The Kier molecular flexibility index (Phi) is 12.7. The highest BCUT2D eigenvalue weighted by Gasteiger charge is 1.97. The van der Waals surface area contributed by atoms with Gasteiger partial charge in [0, 0.05) is 6.61 Å². The van der Waals surface area contributed by atoms with Crippen LogP contribution in [0.1, 0.15) is 45.4 Å². The molecule has 0 aliphatic rings. The van der Waals surface area contributed by atoms with Crippen LogP contribution >= 0.6 is 12.6 Å². The molecule has 16 heavy (non-hydrogen) atoms. The maximum atomic E-state index is 10.7. The summed E-state index contributed by atoms with van der Waals surface area (Å²) in [6.07, 6.45) is 7.58. The molecule has 96 valence electrons. The second-order valence-corrected chi connectivity index (χ2v) is 4.07. The minimum Gasteiger partial charge on any atom is -0.463 e. The van der Waals surface area contributed by atoms with Gasteiger partial charge in [0.1, 0.15) is 6.61 Å². The molecule has 0 fully saturated rings. The zero-order valence-corrected chi connectivity index (χ0v) is 11.1. The van der Waals surface area contributed by atoms with Crippen LogP contribution in [0, 0.1) is 0 Å². The number of rotatable bonds is 11. The van der Waals surface area contributed by atoms with Crippen molar-refractivity contribution in [3.63, 3.8) is 0 Å². The van der Waals surface area contributed by atoms with Crippen LogP contribution in [0.3, 0.4) is 0 Å². The molecule has 0 spiro atoms. The first-order valence-corrected chi connectivity index (χ1v) is 6.78. The van der Waals surface area contributed by atoms with E-state index in [4.69, 9.17) is 9.47 Å². The van der Waals surface area contributed by atoms with Crippen LogP contribution in [-0.4, -0.2) is 31.5 Å². The van der Waals surface area contributed by atoms with Crippen LogP contribution in [-0.2, 0) is 14.3 Å². The summed E-state index contributed by atoms with van der Waals surface area (Å²) in [5.41, 5.74) is 0. The molecule has 0 unspecified atom stereocenters. The van der Waals surface area contributed by atoms with E-state index in [-0.39, 0.29) is 11.7 Å². The summed E-state index contributed by atoms with van der Waals surface area (Å²) in [5.74, 6) is -0.149. The summed E-state index contributed by atoms with van der Waals surface area (Å²) >= 11 is 3.80. The van der Waals surface area contributed by atoms with Crippen molar-refractivity contribution >= 4 is 18.6 Å². The maximum absolute atomic E-state index is 10.7. The largest absolute Gasteiger partial charge is 0.463 e. The van der Waals surface area contributed by atoms with E-state index < -0.39 is 0 Å². The van der Waals surface area contributed by atoms with Gasteiger partial charge in [-0.3, -0.25) is 4.79 Å². The molecule has 0 bridgehead atoms. The number of carbonyl (C=O) groups is 1. The Balaban J connectivity index is 2.96. The fourth-order valence-electron chi connectivity index (χ4n) is 1.35. The molecule has 0 aromatic carbocycles. The zero-order chi connectivity index (χ0) is 12.1. The van der Waals surface area contributed by atoms with Crippen LogP contribution in [0.25, 0.3) is 0 Å². The number of hydrogen-bond donors (Lipinski definition) is 1. The van der Waals surface area contributed by atoms with Crippen molar-refractivity contribution in [1.29, 1.82) is 0 Å². The van der Waals surface area contributed by atoms with E-state index in [1.807, 2.05) is 0 Å². The highest BCUT2D eigenvalue weighted by molar-refractivity contribution is 7.81. The average molecular weight is 248 g/mol. The van der Waals surface area contributed by atoms with E-state index in [0.717, 1.165) is 13.0 Å². The van der Waals surface area contributed by atoms with Gasteiger partial charge in [-0.05, 0) is 6.42 Å². The number of esters is 1. The lowest BCUT2D eigenvalue weighted by Crippen LogP contribution is -2.11. The van der Waals surface area contributed by atoms with Crippen molar-refractivity contribution in [2.24, 2.45) is 0 Å². The van der Waals surface area contributed by atoms with E-state index in [0.29, 0.717) is 13.2 Å². The van der Waals surface area contributed by atoms with Gasteiger partial charge in [0.05, 0.1) is 12.4 Å². The number of carbonyl (C=O) groups excluding carboxylic acids is 1. The first-order valence-electron chi connectivity index (χ1n) is 6.15. The Morgan fingerprint density at radius 1 is 1.00 bits per heavy atom. The van der Waals surface area contributed by atoms with Crippen molar-refractivity contribution in [2.75, 3.05) is 25.6 Å². The van der Waals surface area contributed by atoms with Crippen molar-refractivity contribution in [3.8, 4) is 0 Å². The molecule has 0 atom stereocenters. The van der Waals surface area contributed by atoms with E-state index >= 15 is 0 Å². The fraction of sp³-hybridized carbons (Fsp3) is 0.917. The molecular formula is C12H24O3S. The Bertz CT molecular complexity index is 162. The normalized spacial score (nSPS) is 10.4. The minimum absolute atomic E-state index is 0.136. The lowest BCUT2D eigenvalue weighted by atomic mass is 10.1. The second kappa shape index (κ2) is 12.8. The van der Waals surface area contributed by atoms with Crippen LogP contribution in [0.2, 0.25) is 0 Å². The van der Waals surface area contributed by atoms with Gasteiger partial charge in [0.15, 0.2) is 0 Å². The molecule has 0 amide bonds. The van der Waals surface area contributed by atoms with Crippen molar-refractivity contribution in [3.05, 3.63) is 0 Å². The van der Waals surface area contributed by atoms with Gasteiger partial charge in [-0.2, -0.15) is 12.6 Å². The Morgan fingerprint density at radius 2 is 1.69 bits per heavy atom. The SMILES string of the molecule is CCCCCCCCOCCOC(=O)CS. The molecule has 4 heteroatoms. The minimum atomic E-state index is -0.286. The van der Waals surface area contributed by atoms with Gasteiger partial charge in [0.25, 0.3) is 0 Å². The molecule has 0 rings (SSSR count). The molecule has 0 aliphatic carbocycles. The van der Waals surface area contributed by atoms with E-state index in [9.17, 15) is 4.79 Å². The molecule has 0 heterocycles. The molecule has 0 saturated carbocycles. The molecule has 0 saturated heterocycles. The molecule has 0 aromatic rings. The fourth-order valence-corrected chi connectivity index (χ4v) is 1.44.